The Bertz CT molecular complexity index is 1290. The summed E-state index contributed by atoms with van der Waals surface area (Å²) in [5.41, 5.74) is 11.4. The number of nitrogens with two attached hydrogens (primary N) is 2. The standard InChI is InChI=1S/C23H24ClFN6O4/c1-13(9-18(26)32)30(11-19(33)28-10-14-5-4-7-16(24)21(14)25)20(34)12-31-17-8-3-2-6-15(17)22(29-31)23(27)35/h2-8,13H,9-12H2,1H3,(H2,26,32)(H2,27,35)(H,28,33). The summed E-state index contributed by atoms with van der Waals surface area (Å²) in [4.78, 5) is 50.2. The van der Waals surface area contributed by atoms with Crippen LogP contribution in [0.25, 0.3) is 10.9 Å². The third-order valence-corrected chi connectivity index (χ3v) is 5.64. The normalized spacial score (nSPS) is 11.7. The number of carbonyl (C=O) groups is 4. The van der Waals surface area contributed by atoms with Gasteiger partial charge in [0.2, 0.25) is 17.7 Å². The topological polar surface area (TPSA) is 153 Å². The minimum absolute atomic E-state index is 0.00595. The molecule has 1 aromatic heterocycles. The van der Waals surface area contributed by atoms with E-state index in [0.717, 1.165) is 0 Å². The number of rotatable bonds is 10. The van der Waals surface area contributed by atoms with Gasteiger partial charge in [-0.1, -0.05) is 41.9 Å². The van der Waals surface area contributed by atoms with Crippen molar-refractivity contribution >= 4 is 46.1 Å². The van der Waals surface area contributed by atoms with Gasteiger partial charge in [-0.05, 0) is 19.1 Å². The SMILES string of the molecule is CC(CC(N)=O)N(CC(=O)NCc1cccc(Cl)c1F)C(=O)Cn1nc(C(N)=O)c2ccccc21. The molecule has 12 heteroatoms. The lowest BCUT2D eigenvalue weighted by molar-refractivity contribution is -0.139. The first-order chi connectivity index (χ1) is 16.6. The molecule has 3 rings (SSSR count). The molecule has 4 amide bonds. The lowest BCUT2D eigenvalue weighted by Crippen LogP contribution is -2.47. The van der Waals surface area contributed by atoms with Crippen LogP contribution in [0.4, 0.5) is 4.39 Å². The molecule has 3 aromatic rings. The number of fused-ring (bicyclic) bond motifs is 1. The zero-order valence-electron chi connectivity index (χ0n) is 18.8. The van der Waals surface area contributed by atoms with Gasteiger partial charge in [0.1, 0.15) is 12.4 Å². The van der Waals surface area contributed by atoms with Gasteiger partial charge in [0.05, 0.1) is 17.1 Å². The van der Waals surface area contributed by atoms with Gasteiger partial charge in [-0.2, -0.15) is 5.10 Å². The number of benzene rings is 2. The van der Waals surface area contributed by atoms with Crippen molar-refractivity contribution in [2.45, 2.75) is 32.5 Å². The van der Waals surface area contributed by atoms with Gasteiger partial charge in [0.15, 0.2) is 5.69 Å². The molecule has 1 atom stereocenters. The van der Waals surface area contributed by atoms with Gasteiger partial charge in [0.25, 0.3) is 5.91 Å². The monoisotopic (exact) mass is 502 g/mol. The molecular formula is C23H24ClFN6O4. The Morgan fingerprint density at radius 2 is 1.86 bits per heavy atom. The Balaban J connectivity index is 1.79. The summed E-state index contributed by atoms with van der Waals surface area (Å²) in [5, 5.41) is 7.09. The van der Waals surface area contributed by atoms with Gasteiger partial charge in [-0.15, -0.1) is 0 Å². The van der Waals surface area contributed by atoms with Gasteiger partial charge in [-0.3, -0.25) is 23.9 Å². The summed E-state index contributed by atoms with van der Waals surface area (Å²) in [7, 11) is 0. The summed E-state index contributed by atoms with van der Waals surface area (Å²) in [5.74, 6) is -3.19. The van der Waals surface area contributed by atoms with Crippen LogP contribution >= 0.6 is 11.6 Å². The smallest absolute Gasteiger partial charge is 0.269 e. The minimum Gasteiger partial charge on any atom is -0.370 e. The van der Waals surface area contributed by atoms with Crippen molar-refractivity contribution in [2.75, 3.05) is 6.54 Å². The Morgan fingerprint density at radius 1 is 1.14 bits per heavy atom. The maximum Gasteiger partial charge on any atom is 0.269 e. The van der Waals surface area contributed by atoms with Crippen LogP contribution in [-0.2, 0) is 27.5 Å². The third kappa shape index (κ3) is 6.12. The van der Waals surface area contributed by atoms with E-state index in [9.17, 15) is 23.6 Å². The summed E-state index contributed by atoms with van der Waals surface area (Å²) in [6.45, 7) is 0.677. The summed E-state index contributed by atoms with van der Waals surface area (Å²) in [6.07, 6.45) is -0.186. The summed E-state index contributed by atoms with van der Waals surface area (Å²) >= 11 is 5.76. The highest BCUT2D eigenvalue weighted by Gasteiger charge is 2.26. The molecule has 0 saturated heterocycles. The molecule has 0 spiro atoms. The number of hydrogen-bond acceptors (Lipinski definition) is 5. The molecule has 2 aromatic carbocycles. The van der Waals surface area contributed by atoms with Crippen LogP contribution in [0.5, 0.6) is 0 Å². The summed E-state index contributed by atoms with van der Waals surface area (Å²) < 4.78 is 15.4. The van der Waals surface area contributed by atoms with Crippen LogP contribution in [0, 0.1) is 5.82 Å². The fraction of sp³-hybridized carbons (Fsp3) is 0.261. The van der Waals surface area contributed by atoms with Gasteiger partial charge < -0.3 is 21.7 Å². The molecule has 0 fully saturated rings. The zero-order chi connectivity index (χ0) is 25.7. The summed E-state index contributed by atoms with van der Waals surface area (Å²) in [6, 6.07) is 10.4. The van der Waals surface area contributed by atoms with Crippen LogP contribution in [0.1, 0.15) is 29.4 Å². The first-order valence-corrected chi connectivity index (χ1v) is 11.0. The van der Waals surface area contributed by atoms with E-state index in [4.69, 9.17) is 23.1 Å². The predicted octanol–water partition coefficient (Wildman–Crippen LogP) is 1.34. The van der Waals surface area contributed by atoms with Crippen LogP contribution < -0.4 is 16.8 Å². The molecule has 0 aliphatic carbocycles. The van der Waals surface area contributed by atoms with Gasteiger partial charge in [0, 0.05) is 30.0 Å². The molecule has 0 aliphatic rings. The number of para-hydroxylation sites is 1. The van der Waals surface area contributed by atoms with Crippen molar-refractivity contribution < 1.29 is 23.6 Å². The number of halogens is 2. The van der Waals surface area contributed by atoms with E-state index in [-0.39, 0.29) is 35.8 Å². The number of aromatic nitrogens is 2. The van der Waals surface area contributed by atoms with E-state index in [1.807, 2.05) is 0 Å². The molecule has 10 nitrogen and oxygen atoms in total. The highest BCUT2D eigenvalue weighted by molar-refractivity contribution is 6.30. The van der Waals surface area contributed by atoms with Crippen molar-refractivity contribution in [1.29, 1.82) is 0 Å². The van der Waals surface area contributed by atoms with E-state index in [1.54, 1.807) is 37.3 Å². The first kappa shape index (κ1) is 25.6. The second-order valence-corrected chi connectivity index (χ2v) is 8.33. The molecule has 5 N–H and O–H groups in total. The number of nitrogens with one attached hydrogen (secondary N) is 1. The molecule has 0 saturated carbocycles. The fourth-order valence-corrected chi connectivity index (χ4v) is 3.82. The molecule has 0 bridgehead atoms. The van der Waals surface area contributed by atoms with Gasteiger partial charge in [-0.25, -0.2) is 4.39 Å². The highest BCUT2D eigenvalue weighted by atomic mass is 35.5. The van der Waals surface area contributed by atoms with Crippen LogP contribution in [0.3, 0.4) is 0 Å². The van der Waals surface area contributed by atoms with E-state index in [0.29, 0.717) is 10.9 Å². The Labute approximate surface area is 205 Å². The number of amides is 4. The quantitative estimate of drug-likeness (QED) is 0.381. The van der Waals surface area contributed by atoms with Crippen molar-refractivity contribution in [3.63, 3.8) is 0 Å². The van der Waals surface area contributed by atoms with Crippen molar-refractivity contribution in [3.05, 3.63) is 64.6 Å². The first-order valence-electron chi connectivity index (χ1n) is 10.6. The number of nitrogens with zero attached hydrogens (tertiary/aromatic N) is 3. The molecule has 0 radical (unpaired) electrons. The highest BCUT2D eigenvalue weighted by Crippen LogP contribution is 2.19. The van der Waals surface area contributed by atoms with Crippen molar-refractivity contribution in [1.82, 2.24) is 20.0 Å². The fourth-order valence-electron chi connectivity index (χ4n) is 3.63. The van der Waals surface area contributed by atoms with Crippen LogP contribution in [0.15, 0.2) is 42.5 Å². The molecule has 184 valence electrons. The maximum atomic E-state index is 14.1. The van der Waals surface area contributed by atoms with Gasteiger partial charge >= 0.3 is 0 Å². The largest absolute Gasteiger partial charge is 0.370 e. The molecule has 0 aliphatic heterocycles. The predicted molar refractivity (Wildman–Crippen MR) is 126 cm³/mol. The Hall–Kier alpha value is -3.99. The third-order valence-electron chi connectivity index (χ3n) is 5.35. The average Bonchev–Trinajstić information content (AvgIpc) is 3.16. The average molecular weight is 503 g/mol. The van der Waals surface area contributed by atoms with Crippen LogP contribution in [0.2, 0.25) is 5.02 Å². The number of hydrogen-bond donors (Lipinski definition) is 3. The molecule has 1 unspecified atom stereocenters. The van der Waals surface area contributed by atoms with E-state index >= 15 is 0 Å². The van der Waals surface area contributed by atoms with Crippen molar-refractivity contribution in [3.8, 4) is 0 Å². The number of carbonyl (C=O) groups excluding carboxylic acids is 4. The van der Waals surface area contributed by atoms with E-state index in [1.165, 1.54) is 21.7 Å². The zero-order valence-corrected chi connectivity index (χ0v) is 19.6. The molecule has 35 heavy (non-hydrogen) atoms. The molecular weight excluding hydrogens is 479 g/mol. The maximum absolute atomic E-state index is 14.1. The Morgan fingerprint density at radius 3 is 2.54 bits per heavy atom. The minimum atomic E-state index is -0.751. The van der Waals surface area contributed by atoms with Crippen molar-refractivity contribution in [2.24, 2.45) is 11.5 Å². The second-order valence-electron chi connectivity index (χ2n) is 7.92. The van der Waals surface area contributed by atoms with E-state index in [2.05, 4.69) is 10.4 Å². The lowest BCUT2D eigenvalue weighted by Gasteiger charge is -2.28. The Kier molecular flexibility index (Phi) is 8.02. The number of primary amides is 2. The molecule has 1 heterocycles. The lowest BCUT2D eigenvalue weighted by atomic mass is 10.1. The second kappa shape index (κ2) is 11.0. The van der Waals surface area contributed by atoms with E-state index < -0.39 is 42.0 Å². The van der Waals surface area contributed by atoms with Crippen LogP contribution in [-0.4, -0.2) is 50.9 Å².